The summed E-state index contributed by atoms with van der Waals surface area (Å²) in [5.41, 5.74) is 1.28. The largest absolute Gasteiger partial charge is 0.497 e. The molecule has 1 aliphatic heterocycles. The standard InChI is InChI=1S/C13H18ClNO2/c1-16-13-4-2-11(3-5-13)9-15-6-7-17-10-12(15)8-14/h2-5,12H,6-10H2,1H3. The Hall–Kier alpha value is -0.770. The number of methoxy groups -OCH3 is 1. The lowest BCUT2D eigenvalue weighted by Crippen LogP contribution is -2.45. The van der Waals surface area contributed by atoms with Crippen molar-refractivity contribution in [2.24, 2.45) is 0 Å². The SMILES string of the molecule is COc1ccc(CN2CCOCC2CCl)cc1. The molecule has 0 bridgehead atoms. The van der Waals surface area contributed by atoms with E-state index in [1.807, 2.05) is 12.1 Å². The second kappa shape index (κ2) is 6.24. The summed E-state index contributed by atoms with van der Waals surface area (Å²) in [5.74, 6) is 1.51. The minimum Gasteiger partial charge on any atom is -0.497 e. The van der Waals surface area contributed by atoms with E-state index < -0.39 is 0 Å². The Morgan fingerprint density at radius 1 is 1.41 bits per heavy atom. The highest BCUT2D eigenvalue weighted by molar-refractivity contribution is 6.18. The first-order valence-corrected chi connectivity index (χ1v) is 6.37. The van der Waals surface area contributed by atoms with Gasteiger partial charge in [-0.3, -0.25) is 4.90 Å². The first-order chi connectivity index (χ1) is 8.33. The Balaban J connectivity index is 1.98. The summed E-state index contributed by atoms with van der Waals surface area (Å²) in [5, 5.41) is 0. The minimum atomic E-state index is 0.326. The quantitative estimate of drug-likeness (QED) is 0.770. The van der Waals surface area contributed by atoms with Crippen LogP contribution in [0.3, 0.4) is 0 Å². The van der Waals surface area contributed by atoms with Gasteiger partial charge in [-0.05, 0) is 17.7 Å². The van der Waals surface area contributed by atoms with Crippen LogP contribution in [0.25, 0.3) is 0 Å². The summed E-state index contributed by atoms with van der Waals surface area (Å²) in [4.78, 5) is 2.37. The van der Waals surface area contributed by atoms with Crippen molar-refractivity contribution in [2.75, 3.05) is 32.7 Å². The van der Waals surface area contributed by atoms with Gasteiger partial charge in [0.1, 0.15) is 5.75 Å². The molecule has 1 saturated heterocycles. The van der Waals surface area contributed by atoms with Gasteiger partial charge in [0, 0.05) is 25.0 Å². The predicted molar refractivity (Wildman–Crippen MR) is 68.7 cm³/mol. The third kappa shape index (κ3) is 3.35. The van der Waals surface area contributed by atoms with Gasteiger partial charge >= 0.3 is 0 Å². The average molecular weight is 256 g/mol. The highest BCUT2D eigenvalue weighted by atomic mass is 35.5. The molecule has 1 aliphatic rings. The molecule has 1 fully saturated rings. The van der Waals surface area contributed by atoms with Gasteiger partial charge in [-0.25, -0.2) is 0 Å². The maximum atomic E-state index is 5.95. The van der Waals surface area contributed by atoms with E-state index in [1.165, 1.54) is 5.56 Å². The van der Waals surface area contributed by atoms with Gasteiger partial charge in [-0.2, -0.15) is 0 Å². The predicted octanol–water partition coefficient (Wildman–Crippen LogP) is 2.13. The number of halogens is 1. The van der Waals surface area contributed by atoms with E-state index in [0.717, 1.165) is 32.1 Å². The van der Waals surface area contributed by atoms with Gasteiger partial charge in [0.15, 0.2) is 0 Å². The Labute approximate surface area is 107 Å². The van der Waals surface area contributed by atoms with Crippen LogP contribution < -0.4 is 4.74 Å². The summed E-state index contributed by atoms with van der Waals surface area (Å²) in [6, 6.07) is 8.50. The number of nitrogens with zero attached hydrogens (tertiary/aromatic N) is 1. The molecule has 1 atom stereocenters. The van der Waals surface area contributed by atoms with Crippen LogP contribution in [-0.2, 0) is 11.3 Å². The highest BCUT2D eigenvalue weighted by Crippen LogP contribution is 2.16. The molecule has 0 spiro atoms. The number of hydrogen-bond acceptors (Lipinski definition) is 3. The molecule has 2 rings (SSSR count). The second-order valence-electron chi connectivity index (χ2n) is 4.20. The van der Waals surface area contributed by atoms with Crippen molar-refractivity contribution in [3.05, 3.63) is 29.8 Å². The lowest BCUT2D eigenvalue weighted by molar-refractivity contribution is -0.00304. The van der Waals surface area contributed by atoms with Gasteiger partial charge in [-0.1, -0.05) is 12.1 Å². The highest BCUT2D eigenvalue weighted by Gasteiger charge is 2.21. The summed E-state index contributed by atoms with van der Waals surface area (Å²) in [7, 11) is 1.68. The maximum Gasteiger partial charge on any atom is 0.118 e. The number of alkyl halides is 1. The van der Waals surface area contributed by atoms with Crippen LogP contribution in [0.2, 0.25) is 0 Å². The molecule has 1 aromatic carbocycles. The first kappa shape index (κ1) is 12.7. The molecule has 94 valence electrons. The van der Waals surface area contributed by atoms with Gasteiger partial charge in [-0.15, -0.1) is 11.6 Å². The molecule has 0 radical (unpaired) electrons. The molecule has 0 amide bonds. The van der Waals surface area contributed by atoms with Crippen LogP contribution in [0.15, 0.2) is 24.3 Å². The fourth-order valence-corrected chi connectivity index (χ4v) is 2.29. The van der Waals surface area contributed by atoms with Crippen molar-refractivity contribution in [3.63, 3.8) is 0 Å². The van der Waals surface area contributed by atoms with Crippen LogP contribution in [0, 0.1) is 0 Å². The van der Waals surface area contributed by atoms with E-state index in [9.17, 15) is 0 Å². The number of hydrogen-bond donors (Lipinski definition) is 0. The summed E-state index contributed by atoms with van der Waals surface area (Å²) in [6.07, 6.45) is 0. The van der Waals surface area contributed by atoms with Crippen molar-refractivity contribution in [1.82, 2.24) is 4.90 Å². The van der Waals surface area contributed by atoms with Crippen LogP contribution in [0.5, 0.6) is 5.75 Å². The molecule has 0 N–H and O–H groups in total. The third-order valence-electron chi connectivity index (χ3n) is 3.07. The van der Waals surface area contributed by atoms with Gasteiger partial charge in [0.2, 0.25) is 0 Å². The molecular formula is C13H18ClNO2. The van der Waals surface area contributed by atoms with Crippen LogP contribution in [0.4, 0.5) is 0 Å². The Morgan fingerprint density at radius 2 is 2.18 bits per heavy atom. The topological polar surface area (TPSA) is 21.7 Å². The Kier molecular flexibility index (Phi) is 4.66. The zero-order chi connectivity index (χ0) is 12.1. The van der Waals surface area contributed by atoms with Crippen molar-refractivity contribution in [1.29, 1.82) is 0 Å². The molecule has 0 aliphatic carbocycles. The molecule has 17 heavy (non-hydrogen) atoms. The maximum absolute atomic E-state index is 5.95. The molecule has 0 aromatic heterocycles. The second-order valence-corrected chi connectivity index (χ2v) is 4.51. The molecule has 3 nitrogen and oxygen atoms in total. The summed E-state index contributed by atoms with van der Waals surface area (Å²) in [6.45, 7) is 3.40. The van der Waals surface area contributed by atoms with Gasteiger partial charge in [0.25, 0.3) is 0 Å². The molecule has 4 heteroatoms. The Morgan fingerprint density at radius 3 is 2.82 bits per heavy atom. The summed E-state index contributed by atoms with van der Waals surface area (Å²) >= 11 is 5.95. The monoisotopic (exact) mass is 255 g/mol. The van der Waals surface area contributed by atoms with Gasteiger partial charge < -0.3 is 9.47 Å². The van der Waals surface area contributed by atoms with E-state index in [0.29, 0.717) is 11.9 Å². The van der Waals surface area contributed by atoms with E-state index in [4.69, 9.17) is 21.1 Å². The molecule has 1 unspecified atom stereocenters. The van der Waals surface area contributed by atoms with Crippen molar-refractivity contribution < 1.29 is 9.47 Å². The third-order valence-corrected chi connectivity index (χ3v) is 3.43. The number of ether oxygens (including phenoxy) is 2. The van der Waals surface area contributed by atoms with E-state index >= 15 is 0 Å². The lowest BCUT2D eigenvalue weighted by atomic mass is 10.1. The van der Waals surface area contributed by atoms with Crippen LogP contribution in [0.1, 0.15) is 5.56 Å². The van der Waals surface area contributed by atoms with E-state index in [1.54, 1.807) is 7.11 Å². The fraction of sp³-hybridized carbons (Fsp3) is 0.538. The molecule has 0 saturated carbocycles. The zero-order valence-corrected chi connectivity index (χ0v) is 10.8. The van der Waals surface area contributed by atoms with E-state index in [-0.39, 0.29) is 0 Å². The zero-order valence-electron chi connectivity index (χ0n) is 10.1. The molecular weight excluding hydrogens is 238 g/mol. The van der Waals surface area contributed by atoms with Crippen molar-refractivity contribution in [2.45, 2.75) is 12.6 Å². The smallest absolute Gasteiger partial charge is 0.118 e. The number of rotatable bonds is 4. The number of morpholine rings is 1. The van der Waals surface area contributed by atoms with E-state index in [2.05, 4.69) is 17.0 Å². The van der Waals surface area contributed by atoms with Crippen molar-refractivity contribution in [3.8, 4) is 5.75 Å². The Bertz CT molecular complexity index is 342. The van der Waals surface area contributed by atoms with Crippen LogP contribution in [-0.4, -0.2) is 43.7 Å². The molecule has 1 aromatic rings. The van der Waals surface area contributed by atoms with Crippen LogP contribution >= 0.6 is 11.6 Å². The van der Waals surface area contributed by atoms with Crippen molar-refractivity contribution >= 4 is 11.6 Å². The first-order valence-electron chi connectivity index (χ1n) is 5.84. The average Bonchev–Trinajstić information content (AvgIpc) is 2.40. The lowest BCUT2D eigenvalue weighted by Gasteiger charge is -2.34. The minimum absolute atomic E-state index is 0.326. The number of benzene rings is 1. The normalized spacial score (nSPS) is 21.4. The van der Waals surface area contributed by atoms with Gasteiger partial charge in [0.05, 0.1) is 20.3 Å². The summed E-state index contributed by atoms with van der Waals surface area (Å²) < 4.78 is 10.6. The fourth-order valence-electron chi connectivity index (χ4n) is 2.00. The molecule has 1 heterocycles.